The van der Waals surface area contributed by atoms with Crippen LogP contribution in [0, 0.1) is 0 Å². The SMILES string of the molecule is CCN(c1cc(C(C)O)ccn1)C(C)C. The van der Waals surface area contributed by atoms with E-state index >= 15 is 0 Å². The monoisotopic (exact) mass is 208 g/mol. The standard InChI is InChI=1S/C12H20N2O/c1-5-14(9(2)3)12-8-11(10(4)15)6-7-13-12/h6-10,15H,5H2,1-4H3. The van der Waals surface area contributed by atoms with Gasteiger partial charge >= 0.3 is 0 Å². The van der Waals surface area contributed by atoms with Crippen molar-refractivity contribution >= 4 is 5.82 Å². The summed E-state index contributed by atoms with van der Waals surface area (Å²) in [6, 6.07) is 4.22. The molecule has 3 heteroatoms. The third-order valence-corrected chi connectivity index (χ3v) is 2.51. The van der Waals surface area contributed by atoms with Gasteiger partial charge in [0.1, 0.15) is 5.82 Å². The van der Waals surface area contributed by atoms with Crippen molar-refractivity contribution in [3.8, 4) is 0 Å². The molecule has 0 fully saturated rings. The Bertz CT molecular complexity index is 310. The van der Waals surface area contributed by atoms with E-state index in [0.717, 1.165) is 17.9 Å². The Morgan fingerprint density at radius 1 is 1.40 bits per heavy atom. The molecular weight excluding hydrogens is 188 g/mol. The molecule has 0 radical (unpaired) electrons. The molecule has 0 saturated carbocycles. The second-order valence-corrected chi connectivity index (χ2v) is 4.00. The quantitative estimate of drug-likeness (QED) is 0.825. The molecule has 0 saturated heterocycles. The zero-order valence-corrected chi connectivity index (χ0v) is 9.94. The Labute approximate surface area is 91.8 Å². The summed E-state index contributed by atoms with van der Waals surface area (Å²) in [6.45, 7) is 9.08. The summed E-state index contributed by atoms with van der Waals surface area (Å²) in [5, 5.41) is 9.49. The third kappa shape index (κ3) is 2.93. The molecule has 0 aliphatic carbocycles. The highest BCUT2D eigenvalue weighted by atomic mass is 16.3. The van der Waals surface area contributed by atoms with E-state index in [9.17, 15) is 5.11 Å². The van der Waals surface area contributed by atoms with Crippen molar-refractivity contribution in [2.24, 2.45) is 0 Å². The molecule has 0 aliphatic heterocycles. The fourth-order valence-electron chi connectivity index (χ4n) is 1.64. The van der Waals surface area contributed by atoms with Gasteiger partial charge in [0.25, 0.3) is 0 Å². The molecule has 0 spiro atoms. The van der Waals surface area contributed by atoms with Crippen molar-refractivity contribution < 1.29 is 5.11 Å². The van der Waals surface area contributed by atoms with Gasteiger partial charge in [0.05, 0.1) is 6.10 Å². The zero-order chi connectivity index (χ0) is 11.4. The van der Waals surface area contributed by atoms with Crippen molar-refractivity contribution in [2.45, 2.75) is 39.8 Å². The van der Waals surface area contributed by atoms with Crippen LogP contribution in [-0.4, -0.2) is 22.7 Å². The van der Waals surface area contributed by atoms with Crippen LogP contribution in [0.4, 0.5) is 5.82 Å². The Hall–Kier alpha value is -1.09. The van der Waals surface area contributed by atoms with Gasteiger partial charge in [0, 0.05) is 18.8 Å². The average Bonchev–Trinajstić information content (AvgIpc) is 2.18. The van der Waals surface area contributed by atoms with Crippen LogP contribution < -0.4 is 4.90 Å². The van der Waals surface area contributed by atoms with Gasteiger partial charge in [-0.15, -0.1) is 0 Å². The Balaban J connectivity index is 2.98. The molecule has 0 amide bonds. The molecule has 15 heavy (non-hydrogen) atoms. The maximum Gasteiger partial charge on any atom is 0.129 e. The van der Waals surface area contributed by atoms with E-state index < -0.39 is 6.10 Å². The largest absolute Gasteiger partial charge is 0.389 e. The third-order valence-electron chi connectivity index (χ3n) is 2.51. The van der Waals surface area contributed by atoms with Gasteiger partial charge < -0.3 is 10.0 Å². The first kappa shape index (κ1) is 12.0. The molecule has 1 aromatic heterocycles. The van der Waals surface area contributed by atoms with E-state index in [1.54, 1.807) is 13.1 Å². The first-order valence-electron chi connectivity index (χ1n) is 5.47. The Morgan fingerprint density at radius 3 is 2.53 bits per heavy atom. The van der Waals surface area contributed by atoms with Gasteiger partial charge in [0.2, 0.25) is 0 Å². The van der Waals surface area contributed by atoms with Crippen molar-refractivity contribution in [1.82, 2.24) is 4.98 Å². The molecule has 84 valence electrons. The molecule has 0 aliphatic rings. The van der Waals surface area contributed by atoms with E-state index in [1.807, 2.05) is 12.1 Å². The van der Waals surface area contributed by atoms with Crippen molar-refractivity contribution in [3.63, 3.8) is 0 Å². The summed E-state index contributed by atoms with van der Waals surface area (Å²) in [5.74, 6) is 0.936. The summed E-state index contributed by atoms with van der Waals surface area (Å²) in [6.07, 6.45) is 1.32. The van der Waals surface area contributed by atoms with Crippen LogP contribution in [-0.2, 0) is 0 Å². The van der Waals surface area contributed by atoms with Crippen LogP contribution in [0.2, 0.25) is 0 Å². The van der Waals surface area contributed by atoms with Crippen LogP contribution in [0.5, 0.6) is 0 Å². The van der Waals surface area contributed by atoms with Gasteiger partial charge in [-0.1, -0.05) is 0 Å². The van der Waals surface area contributed by atoms with Crippen LogP contribution in [0.25, 0.3) is 0 Å². The van der Waals surface area contributed by atoms with Gasteiger partial charge in [-0.25, -0.2) is 4.98 Å². The zero-order valence-electron chi connectivity index (χ0n) is 9.94. The number of anilines is 1. The van der Waals surface area contributed by atoms with Crippen molar-refractivity contribution in [1.29, 1.82) is 0 Å². The first-order valence-corrected chi connectivity index (χ1v) is 5.47. The first-order chi connectivity index (χ1) is 7.06. The molecule has 1 heterocycles. The minimum atomic E-state index is -0.433. The summed E-state index contributed by atoms with van der Waals surface area (Å²) in [7, 11) is 0. The number of aromatic nitrogens is 1. The summed E-state index contributed by atoms with van der Waals surface area (Å²) in [5.41, 5.74) is 0.916. The minimum absolute atomic E-state index is 0.423. The van der Waals surface area contributed by atoms with Gasteiger partial charge in [-0.3, -0.25) is 0 Å². The van der Waals surface area contributed by atoms with Crippen LogP contribution >= 0.6 is 0 Å². The van der Waals surface area contributed by atoms with Crippen LogP contribution in [0.1, 0.15) is 39.4 Å². The Kier molecular flexibility index (Phi) is 4.09. The van der Waals surface area contributed by atoms with Gasteiger partial charge in [0.15, 0.2) is 0 Å². The predicted molar refractivity (Wildman–Crippen MR) is 63.0 cm³/mol. The lowest BCUT2D eigenvalue weighted by atomic mass is 10.1. The Morgan fingerprint density at radius 2 is 2.07 bits per heavy atom. The molecule has 0 bridgehead atoms. The summed E-state index contributed by atoms with van der Waals surface area (Å²) in [4.78, 5) is 6.53. The second-order valence-electron chi connectivity index (χ2n) is 4.00. The summed E-state index contributed by atoms with van der Waals surface area (Å²) >= 11 is 0. The molecule has 0 aromatic carbocycles. The fourth-order valence-corrected chi connectivity index (χ4v) is 1.64. The number of hydrogen-bond donors (Lipinski definition) is 1. The smallest absolute Gasteiger partial charge is 0.129 e. The lowest BCUT2D eigenvalue weighted by Gasteiger charge is -2.26. The number of aliphatic hydroxyl groups excluding tert-OH is 1. The van der Waals surface area contributed by atoms with E-state index in [0.29, 0.717) is 6.04 Å². The van der Waals surface area contributed by atoms with E-state index in [4.69, 9.17) is 0 Å². The number of hydrogen-bond acceptors (Lipinski definition) is 3. The molecule has 1 aromatic rings. The average molecular weight is 208 g/mol. The number of pyridine rings is 1. The molecule has 1 unspecified atom stereocenters. The maximum atomic E-state index is 9.49. The molecule has 1 rings (SSSR count). The van der Waals surface area contributed by atoms with Crippen LogP contribution in [0.3, 0.4) is 0 Å². The summed E-state index contributed by atoms with van der Waals surface area (Å²) < 4.78 is 0. The second kappa shape index (κ2) is 5.12. The van der Waals surface area contributed by atoms with Crippen LogP contribution in [0.15, 0.2) is 18.3 Å². The lowest BCUT2D eigenvalue weighted by Crippen LogP contribution is -2.31. The highest BCUT2D eigenvalue weighted by molar-refractivity contribution is 5.42. The predicted octanol–water partition coefficient (Wildman–Crippen LogP) is 2.37. The molecule has 1 atom stereocenters. The normalized spacial score (nSPS) is 12.9. The highest BCUT2D eigenvalue weighted by Crippen LogP contribution is 2.19. The number of aliphatic hydroxyl groups is 1. The molecular formula is C12H20N2O. The van der Waals surface area contributed by atoms with Gasteiger partial charge in [-0.2, -0.15) is 0 Å². The highest BCUT2D eigenvalue weighted by Gasteiger charge is 2.11. The minimum Gasteiger partial charge on any atom is -0.389 e. The molecule has 3 nitrogen and oxygen atoms in total. The fraction of sp³-hybridized carbons (Fsp3) is 0.583. The number of nitrogens with zero attached hydrogens (tertiary/aromatic N) is 2. The lowest BCUT2D eigenvalue weighted by molar-refractivity contribution is 0.199. The van der Waals surface area contributed by atoms with Crippen molar-refractivity contribution in [3.05, 3.63) is 23.9 Å². The molecule has 1 N–H and O–H groups in total. The maximum absolute atomic E-state index is 9.49. The van der Waals surface area contributed by atoms with E-state index in [1.165, 1.54) is 0 Å². The van der Waals surface area contributed by atoms with Crippen molar-refractivity contribution in [2.75, 3.05) is 11.4 Å². The van der Waals surface area contributed by atoms with E-state index in [-0.39, 0.29) is 0 Å². The number of rotatable bonds is 4. The van der Waals surface area contributed by atoms with E-state index in [2.05, 4.69) is 30.7 Å². The topological polar surface area (TPSA) is 36.4 Å². The van der Waals surface area contributed by atoms with Gasteiger partial charge in [-0.05, 0) is 45.4 Å².